The van der Waals surface area contributed by atoms with E-state index in [4.69, 9.17) is 4.74 Å². The summed E-state index contributed by atoms with van der Waals surface area (Å²) in [7, 11) is 1.62. The van der Waals surface area contributed by atoms with Gasteiger partial charge < -0.3 is 10.1 Å². The standard InChI is InChI=1S/C15H18N2O2/c1-10(2)8-17-15(18)12-6-11-4-5-13(19-3)7-14(11)16-9-12/h4-7,9-10H,8H2,1-3H3,(H,17,18). The fourth-order valence-corrected chi connectivity index (χ4v) is 1.75. The predicted molar refractivity (Wildman–Crippen MR) is 75.5 cm³/mol. The molecule has 0 unspecified atom stereocenters. The van der Waals surface area contributed by atoms with Crippen LogP contribution in [0.3, 0.4) is 0 Å². The summed E-state index contributed by atoms with van der Waals surface area (Å²) in [6.45, 7) is 4.79. The van der Waals surface area contributed by atoms with E-state index in [-0.39, 0.29) is 5.91 Å². The lowest BCUT2D eigenvalue weighted by atomic mass is 10.1. The van der Waals surface area contributed by atoms with E-state index in [0.29, 0.717) is 18.0 Å². The summed E-state index contributed by atoms with van der Waals surface area (Å²) in [5, 5.41) is 3.81. The monoisotopic (exact) mass is 258 g/mol. The minimum absolute atomic E-state index is 0.0843. The number of benzene rings is 1. The first kappa shape index (κ1) is 13.3. The van der Waals surface area contributed by atoms with Gasteiger partial charge in [-0.1, -0.05) is 13.8 Å². The molecule has 1 heterocycles. The number of hydrogen-bond donors (Lipinski definition) is 1. The molecule has 0 aliphatic carbocycles. The van der Waals surface area contributed by atoms with Gasteiger partial charge in [0, 0.05) is 24.2 Å². The number of methoxy groups -OCH3 is 1. The van der Waals surface area contributed by atoms with Crippen LogP contribution >= 0.6 is 0 Å². The third-order valence-corrected chi connectivity index (χ3v) is 2.82. The Morgan fingerprint density at radius 3 is 2.84 bits per heavy atom. The van der Waals surface area contributed by atoms with Gasteiger partial charge in [0.15, 0.2) is 0 Å². The Balaban J connectivity index is 2.24. The third-order valence-electron chi connectivity index (χ3n) is 2.82. The molecule has 1 N–H and O–H groups in total. The molecule has 2 rings (SSSR count). The number of carbonyl (C=O) groups is 1. The van der Waals surface area contributed by atoms with Crippen molar-refractivity contribution < 1.29 is 9.53 Å². The van der Waals surface area contributed by atoms with Gasteiger partial charge in [-0.25, -0.2) is 0 Å². The lowest BCUT2D eigenvalue weighted by Crippen LogP contribution is -2.27. The zero-order chi connectivity index (χ0) is 13.8. The summed E-state index contributed by atoms with van der Waals surface area (Å²) in [5.74, 6) is 1.11. The van der Waals surface area contributed by atoms with Crippen LogP contribution in [0.5, 0.6) is 5.75 Å². The van der Waals surface area contributed by atoms with Crippen molar-refractivity contribution in [2.75, 3.05) is 13.7 Å². The summed E-state index contributed by atoms with van der Waals surface area (Å²) >= 11 is 0. The molecule has 0 aliphatic heterocycles. The molecule has 0 aliphatic rings. The Kier molecular flexibility index (Phi) is 4.00. The van der Waals surface area contributed by atoms with Gasteiger partial charge in [-0.15, -0.1) is 0 Å². The van der Waals surface area contributed by atoms with Crippen molar-refractivity contribution in [2.24, 2.45) is 5.92 Å². The summed E-state index contributed by atoms with van der Waals surface area (Å²) in [6, 6.07) is 7.46. The van der Waals surface area contributed by atoms with Crippen molar-refractivity contribution in [3.8, 4) is 5.75 Å². The van der Waals surface area contributed by atoms with Crippen molar-refractivity contribution in [1.29, 1.82) is 0 Å². The van der Waals surface area contributed by atoms with Crippen LogP contribution in [0, 0.1) is 5.92 Å². The van der Waals surface area contributed by atoms with Crippen LogP contribution in [0.2, 0.25) is 0 Å². The van der Waals surface area contributed by atoms with Crippen molar-refractivity contribution in [2.45, 2.75) is 13.8 Å². The van der Waals surface area contributed by atoms with E-state index < -0.39 is 0 Å². The number of ether oxygens (including phenoxy) is 1. The lowest BCUT2D eigenvalue weighted by Gasteiger charge is -2.08. The number of nitrogens with zero attached hydrogens (tertiary/aromatic N) is 1. The molecule has 0 spiro atoms. The highest BCUT2D eigenvalue weighted by Crippen LogP contribution is 2.19. The average Bonchev–Trinajstić information content (AvgIpc) is 2.43. The SMILES string of the molecule is COc1ccc2cc(C(=O)NCC(C)C)cnc2c1. The van der Waals surface area contributed by atoms with E-state index in [9.17, 15) is 4.79 Å². The molecule has 2 aromatic rings. The predicted octanol–water partition coefficient (Wildman–Crippen LogP) is 2.63. The third kappa shape index (κ3) is 3.22. The van der Waals surface area contributed by atoms with E-state index >= 15 is 0 Å². The number of fused-ring (bicyclic) bond motifs is 1. The van der Waals surface area contributed by atoms with E-state index in [0.717, 1.165) is 16.7 Å². The summed E-state index contributed by atoms with van der Waals surface area (Å²) < 4.78 is 5.15. The van der Waals surface area contributed by atoms with Gasteiger partial charge in [-0.3, -0.25) is 9.78 Å². The number of carbonyl (C=O) groups excluding carboxylic acids is 1. The molecule has 100 valence electrons. The minimum Gasteiger partial charge on any atom is -0.497 e. The molecule has 0 fully saturated rings. The topological polar surface area (TPSA) is 51.2 Å². The Bertz CT molecular complexity index is 594. The zero-order valence-electron chi connectivity index (χ0n) is 11.4. The van der Waals surface area contributed by atoms with Crippen LogP contribution < -0.4 is 10.1 Å². The number of amides is 1. The van der Waals surface area contributed by atoms with Gasteiger partial charge in [0.2, 0.25) is 0 Å². The van der Waals surface area contributed by atoms with Gasteiger partial charge in [-0.05, 0) is 24.1 Å². The molecule has 0 saturated heterocycles. The molecule has 19 heavy (non-hydrogen) atoms. The largest absolute Gasteiger partial charge is 0.497 e. The molecular formula is C15H18N2O2. The van der Waals surface area contributed by atoms with Gasteiger partial charge in [0.25, 0.3) is 5.91 Å². The highest BCUT2D eigenvalue weighted by Gasteiger charge is 2.08. The average molecular weight is 258 g/mol. The van der Waals surface area contributed by atoms with Crippen molar-refractivity contribution in [3.05, 3.63) is 36.0 Å². The first-order valence-electron chi connectivity index (χ1n) is 6.32. The minimum atomic E-state index is -0.0843. The number of rotatable bonds is 4. The summed E-state index contributed by atoms with van der Waals surface area (Å²) in [6.07, 6.45) is 1.59. The van der Waals surface area contributed by atoms with E-state index in [1.807, 2.05) is 24.3 Å². The van der Waals surface area contributed by atoms with Crippen LogP contribution in [-0.4, -0.2) is 24.5 Å². The highest BCUT2D eigenvalue weighted by molar-refractivity contribution is 5.97. The molecule has 0 radical (unpaired) electrons. The maximum absolute atomic E-state index is 11.9. The highest BCUT2D eigenvalue weighted by atomic mass is 16.5. The first-order valence-corrected chi connectivity index (χ1v) is 6.32. The molecule has 1 aromatic heterocycles. The van der Waals surface area contributed by atoms with E-state index in [1.54, 1.807) is 13.3 Å². The van der Waals surface area contributed by atoms with Gasteiger partial charge in [0.05, 0.1) is 18.2 Å². The lowest BCUT2D eigenvalue weighted by molar-refractivity contribution is 0.0949. The number of pyridine rings is 1. The maximum Gasteiger partial charge on any atom is 0.252 e. The van der Waals surface area contributed by atoms with Gasteiger partial charge in [0.1, 0.15) is 5.75 Å². The molecule has 0 bridgehead atoms. The molecule has 0 atom stereocenters. The summed E-state index contributed by atoms with van der Waals surface area (Å²) in [4.78, 5) is 16.2. The van der Waals surface area contributed by atoms with Gasteiger partial charge >= 0.3 is 0 Å². The van der Waals surface area contributed by atoms with Crippen LogP contribution in [-0.2, 0) is 0 Å². The number of nitrogens with one attached hydrogen (secondary N) is 1. The second kappa shape index (κ2) is 5.69. The maximum atomic E-state index is 11.9. The quantitative estimate of drug-likeness (QED) is 0.917. The fraction of sp³-hybridized carbons (Fsp3) is 0.333. The molecule has 0 saturated carbocycles. The van der Waals surface area contributed by atoms with Crippen LogP contribution in [0.4, 0.5) is 0 Å². The molecule has 1 amide bonds. The zero-order valence-corrected chi connectivity index (χ0v) is 11.4. The van der Waals surface area contributed by atoms with Gasteiger partial charge in [-0.2, -0.15) is 0 Å². The normalized spacial score (nSPS) is 10.7. The second-order valence-corrected chi connectivity index (χ2v) is 4.89. The second-order valence-electron chi connectivity index (χ2n) is 4.89. The van der Waals surface area contributed by atoms with Crippen LogP contribution in [0.1, 0.15) is 24.2 Å². The van der Waals surface area contributed by atoms with Crippen molar-refractivity contribution in [1.82, 2.24) is 10.3 Å². The molecule has 4 heteroatoms. The Hall–Kier alpha value is -2.10. The molecule has 4 nitrogen and oxygen atoms in total. The smallest absolute Gasteiger partial charge is 0.252 e. The molecule has 1 aromatic carbocycles. The summed E-state index contributed by atoms with van der Waals surface area (Å²) in [5.41, 5.74) is 1.40. The van der Waals surface area contributed by atoms with E-state index in [2.05, 4.69) is 24.1 Å². The Labute approximate surface area is 112 Å². The van der Waals surface area contributed by atoms with Crippen molar-refractivity contribution >= 4 is 16.8 Å². The Morgan fingerprint density at radius 2 is 2.16 bits per heavy atom. The fourth-order valence-electron chi connectivity index (χ4n) is 1.75. The first-order chi connectivity index (χ1) is 9.10. The Morgan fingerprint density at radius 1 is 1.37 bits per heavy atom. The van der Waals surface area contributed by atoms with Crippen LogP contribution in [0.15, 0.2) is 30.5 Å². The molecular weight excluding hydrogens is 240 g/mol. The van der Waals surface area contributed by atoms with Crippen LogP contribution in [0.25, 0.3) is 10.9 Å². The number of aromatic nitrogens is 1. The number of hydrogen-bond acceptors (Lipinski definition) is 3. The van der Waals surface area contributed by atoms with Crippen molar-refractivity contribution in [3.63, 3.8) is 0 Å². The van der Waals surface area contributed by atoms with E-state index in [1.165, 1.54) is 0 Å².